The number of carbonyl (C=O) groups is 1. The zero-order valence-electron chi connectivity index (χ0n) is 13.9. The Labute approximate surface area is 124 Å². The van der Waals surface area contributed by atoms with Crippen molar-refractivity contribution in [1.82, 2.24) is 10.2 Å². The zero-order chi connectivity index (χ0) is 15.2. The molecule has 1 aliphatic rings. The van der Waals surface area contributed by atoms with Crippen molar-refractivity contribution in [1.29, 1.82) is 0 Å². The van der Waals surface area contributed by atoms with Gasteiger partial charge in [-0.05, 0) is 59.4 Å². The van der Waals surface area contributed by atoms with E-state index in [1.54, 1.807) is 0 Å². The molecular weight excluding hydrogens is 252 g/mol. The van der Waals surface area contributed by atoms with Crippen LogP contribution in [0.4, 0.5) is 4.79 Å². The number of hydrogen-bond donors (Lipinski definition) is 1. The van der Waals surface area contributed by atoms with E-state index in [4.69, 9.17) is 4.74 Å². The molecule has 0 aromatic rings. The Bertz CT molecular complexity index is 297. The Morgan fingerprint density at radius 3 is 2.65 bits per heavy atom. The second-order valence-corrected chi connectivity index (χ2v) is 7.07. The first-order valence-corrected chi connectivity index (χ1v) is 8.02. The number of nitrogens with one attached hydrogen (secondary N) is 1. The van der Waals surface area contributed by atoms with Gasteiger partial charge in [0.1, 0.15) is 5.60 Å². The van der Waals surface area contributed by atoms with E-state index in [2.05, 4.69) is 19.2 Å². The summed E-state index contributed by atoms with van der Waals surface area (Å²) in [4.78, 5) is 14.2. The van der Waals surface area contributed by atoms with Gasteiger partial charge in [0.15, 0.2) is 0 Å². The molecule has 118 valence electrons. The molecule has 1 fully saturated rings. The summed E-state index contributed by atoms with van der Waals surface area (Å²) in [6, 6.07) is 0.885. The van der Waals surface area contributed by atoms with E-state index in [1.165, 1.54) is 6.42 Å². The van der Waals surface area contributed by atoms with Gasteiger partial charge in [-0.15, -0.1) is 0 Å². The summed E-state index contributed by atoms with van der Waals surface area (Å²) in [5, 5.41) is 3.43. The maximum Gasteiger partial charge on any atom is 0.410 e. The van der Waals surface area contributed by atoms with Crippen LogP contribution in [0.15, 0.2) is 0 Å². The molecule has 1 N–H and O–H groups in total. The van der Waals surface area contributed by atoms with Crippen LogP contribution in [0, 0.1) is 0 Å². The molecule has 1 atom stereocenters. The van der Waals surface area contributed by atoms with E-state index in [1.807, 2.05) is 25.7 Å². The summed E-state index contributed by atoms with van der Waals surface area (Å²) in [7, 11) is 0. The molecule has 20 heavy (non-hydrogen) atoms. The molecule has 1 saturated heterocycles. The van der Waals surface area contributed by atoms with Crippen molar-refractivity contribution < 1.29 is 9.53 Å². The number of likely N-dealkylation sites (tertiary alicyclic amines) is 1. The Balaban J connectivity index is 2.43. The summed E-state index contributed by atoms with van der Waals surface area (Å²) in [5.74, 6) is 0. The van der Waals surface area contributed by atoms with Crippen LogP contribution >= 0.6 is 0 Å². The molecule has 4 heteroatoms. The van der Waals surface area contributed by atoms with Crippen molar-refractivity contribution in [2.75, 3.05) is 13.1 Å². The molecule has 0 aliphatic carbocycles. The van der Waals surface area contributed by atoms with E-state index in [9.17, 15) is 4.79 Å². The summed E-state index contributed by atoms with van der Waals surface area (Å²) >= 11 is 0. The fourth-order valence-electron chi connectivity index (χ4n) is 2.59. The second kappa shape index (κ2) is 7.87. The molecule has 0 radical (unpaired) electrons. The summed E-state index contributed by atoms with van der Waals surface area (Å²) in [6.07, 6.45) is 5.47. The lowest BCUT2D eigenvalue weighted by atomic mass is 9.98. The van der Waals surface area contributed by atoms with Crippen molar-refractivity contribution in [2.24, 2.45) is 0 Å². The highest BCUT2D eigenvalue weighted by molar-refractivity contribution is 5.68. The Morgan fingerprint density at radius 2 is 2.05 bits per heavy atom. The SMILES string of the molecule is CC(C)NCCC[C@@H]1CCCCN1C(=O)OC(C)(C)C. The lowest BCUT2D eigenvalue weighted by Crippen LogP contribution is -2.46. The first-order valence-electron chi connectivity index (χ1n) is 8.02. The maximum absolute atomic E-state index is 12.3. The Morgan fingerprint density at radius 1 is 1.35 bits per heavy atom. The average molecular weight is 284 g/mol. The zero-order valence-corrected chi connectivity index (χ0v) is 13.9. The summed E-state index contributed by atoms with van der Waals surface area (Å²) in [5.41, 5.74) is -0.404. The minimum atomic E-state index is -0.404. The highest BCUT2D eigenvalue weighted by Crippen LogP contribution is 2.23. The van der Waals surface area contributed by atoms with Gasteiger partial charge in [0.2, 0.25) is 0 Å². The number of rotatable bonds is 5. The van der Waals surface area contributed by atoms with Gasteiger partial charge in [0, 0.05) is 18.6 Å². The number of carbonyl (C=O) groups excluding carboxylic acids is 1. The standard InChI is InChI=1S/C16H32N2O2/c1-13(2)17-11-8-10-14-9-6-7-12-18(14)15(19)20-16(3,4)5/h13-14,17H,6-12H2,1-5H3/t14-/m0/s1. The van der Waals surface area contributed by atoms with E-state index in [-0.39, 0.29) is 6.09 Å². The van der Waals surface area contributed by atoms with E-state index in [0.29, 0.717) is 12.1 Å². The summed E-state index contributed by atoms with van der Waals surface area (Å²) in [6.45, 7) is 12.0. The van der Waals surface area contributed by atoms with Gasteiger partial charge in [0.25, 0.3) is 0 Å². The first kappa shape index (κ1) is 17.3. The van der Waals surface area contributed by atoms with Crippen molar-refractivity contribution in [3.63, 3.8) is 0 Å². The Hall–Kier alpha value is -0.770. The lowest BCUT2D eigenvalue weighted by molar-refractivity contribution is 0.00864. The molecule has 0 spiro atoms. The number of nitrogens with zero attached hydrogens (tertiary/aromatic N) is 1. The highest BCUT2D eigenvalue weighted by Gasteiger charge is 2.29. The van der Waals surface area contributed by atoms with Crippen LogP contribution < -0.4 is 5.32 Å². The van der Waals surface area contributed by atoms with Crippen LogP contribution in [-0.2, 0) is 4.74 Å². The fraction of sp³-hybridized carbons (Fsp3) is 0.938. The number of hydrogen-bond acceptors (Lipinski definition) is 3. The Kier molecular flexibility index (Phi) is 6.80. The van der Waals surface area contributed by atoms with Crippen molar-refractivity contribution in [3.8, 4) is 0 Å². The van der Waals surface area contributed by atoms with Gasteiger partial charge < -0.3 is 15.0 Å². The van der Waals surface area contributed by atoms with Crippen molar-refractivity contribution in [3.05, 3.63) is 0 Å². The van der Waals surface area contributed by atoms with E-state index >= 15 is 0 Å². The van der Waals surface area contributed by atoms with Gasteiger partial charge in [-0.2, -0.15) is 0 Å². The second-order valence-electron chi connectivity index (χ2n) is 7.07. The highest BCUT2D eigenvalue weighted by atomic mass is 16.6. The number of amides is 1. The van der Waals surface area contributed by atoms with Crippen LogP contribution in [0.1, 0.15) is 66.7 Å². The average Bonchev–Trinajstić information content (AvgIpc) is 2.32. The third-order valence-electron chi connectivity index (χ3n) is 3.52. The van der Waals surface area contributed by atoms with Gasteiger partial charge in [-0.1, -0.05) is 13.8 Å². The quantitative estimate of drug-likeness (QED) is 0.785. The molecule has 1 aliphatic heterocycles. The van der Waals surface area contributed by atoms with E-state index in [0.717, 1.165) is 38.8 Å². The molecule has 1 amide bonds. The van der Waals surface area contributed by atoms with E-state index < -0.39 is 5.60 Å². The first-order chi connectivity index (χ1) is 9.29. The van der Waals surface area contributed by atoms with Crippen molar-refractivity contribution in [2.45, 2.75) is 84.4 Å². The molecule has 1 heterocycles. The van der Waals surface area contributed by atoms with Crippen LogP contribution in [0.5, 0.6) is 0 Å². The molecule has 0 saturated carbocycles. The molecule has 0 unspecified atom stereocenters. The molecule has 1 rings (SSSR count). The van der Waals surface area contributed by atoms with Crippen LogP contribution in [0.25, 0.3) is 0 Å². The van der Waals surface area contributed by atoms with Gasteiger partial charge in [-0.3, -0.25) is 0 Å². The largest absolute Gasteiger partial charge is 0.444 e. The van der Waals surface area contributed by atoms with Crippen LogP contribution in [0.3, 0.4) is 0 Å². The topological polar surface area (TPSA) is 41.6 Å². The predicted octanol–water partition coefficient (Wildman–Crippen LogP) is 3.55. The minimum Gasteiger partial charge on any atom is -0.444 e. The predicted molar refractivity (Wildman–Crippen MR) is 83.0 cm³/mol. The third-order valence-corrected chi connectivity index (χ3v) is 3.52. The normalized spacial score (nSPS) is 20.3. The molecule has 0 bridgehead atoms. The number of piperidine rings is 1. The lowest BCUT2D eigenvalue weighted by Gasteiger charge is -2.37. The monoisotopic (exact) mass is 284 g/mol. The molecule has 0 aromatic carbocycles. The fourth-order valence-corrected chi connectivity index (χ4v) is 2.59. The van der Waals surface area contributed by atoms with Gasteiger partial charge in [-0.25, -0.2) is 4.79 Å². The number of ether oxygens (including phenoxy) is 1. The molecule has 4 nitrogen and oxygen atoms in total. The van der Waals surface area contributed by atoms with Crippen molar-refractivity contribution >= 4 is 6.09 Å². The van der Waals surface area contributed by atoms with Crippen LogP contribution in [0.2, 0.25) is 0 Å². The third kappa shape index (κ3) is 6.60. The smallest absolute Gasteiger partial charge is 0.410 e. The minimum absolute atomic E-state index is 0.140. The molecule has 0 aromatic heterocycles. The van der Waals surface area contributed by atoms with Gasteiger partial charge >= 0.3 is 6.09 Å². The van der Waals surface area contributed by atoms with Gasteiger partial charge in [0.05, 0.1) is 0 Å². The maximum atomic E-state index is 12.3. The van der Waals surface area contributed by atoms with Crippen LogP contribution in [-0.4, -0.2) is 41.8 Å². The molecular formula is C16H32N2O2. The summed E-state index contributed by atoms with van der Waals surface area (Å²) < 4.78 is 5.52.